The van der Waals surface area contributed by atoms with Crippen LogP contribution in [0.2, 0.25) is 0 Å². The van der Waals surface area contributed by atoms with Crippen molar-refractivity contribution in [3.63, 3.8) is 0 Å². The topological polar surface area (TPSA) is 95.7 Å². The molecule has 102 valence electrons. The van der Waals surface area contributed by atoms with E-state index in [0.717, 1.165) is 25.6 Å². The number of nitro benzene ring substituents is 1. The van der Waals surface area contributed by atoms with Crippen molar-refractivity contribution >= 4 is 17.3 Å². The molecule has 0 radical (unpaired) electrons. The van der Waals surface area contributed by atoms with E-state index in [2.05, 4.69) is 10.2 Å². The van der Waals surface area contributed by atoms with Crippen LogP contribution < -0.4 is 5.32 Å². The summed E-state index contributed by atoms with van der Waals surface area (Å²) in [5.74, 6) is -1.17. The van der Waals surface area contributed by atoms with E-state index in [0.29, 0.717) is 5.69 Å². The Hall–Kier alpha value is -2.15. The van der Waals surface area contributed by atoms with Crippen molar-refractivity contribution in [1.82, 2.24) is 4.90 Å². The van der Waals surface area contributed by atoms with E-state index in [4.69, 9.17) is 5.11 Å². The molecule has 0 aliphatic carbocycles. The Bertz CT molecular complexity index is 518. The zero-order valence-corrected chi connectivity index (χ0v) is 10.5. The first-order chi connectivity index (χ1) is 8.97. The number of nitro groups is 1. The van der Waals surface area contributed by atoms with Crippen LogP contribution in [0.4, 0.5) is 11.4 Å². The fourth-order valence-corrected chi connectivity index (χ4v) is 2.21. The summed E-state index contributed by atoms with van der Waals surface area (Å²) >= 11 is 0. The lowest BCUT2D eigenvalue weighted by molar-refractivity contribution is -0.384. The minimum absolute atomic E-state index is 0.0826. The molecule has 2 rings (SSSR count). The van der Waals surface area contributed by atoms with Gasteiger partial charge in [-0.15, -0.1) is 0 Å². The highest BCUT2D eigenvalue weighted by Crippen LogP contribution is 2.27. The molecule has 1 heterocycles. The zero-order valence-electron chi connectivity index (χ0n) is 10.5. The fraction of sp³-hybridized carbons (Fsp3) is 0.417. The van der Waals surface area contributed by atoms with Gasteiger partial charge in [0.1, 0.15) is 5.69 Å². The van der Waals surface area contributed by atoms with E-state index in [1.807, 2.05) is 7.05 Å². The number of carboxylic acid groups (broad SMARTS) is 1. The monoisotopic (exact) mass is 265 g/mol. The lowest BCUT2D eigenvalue weighted by Gasteiger charge is -2.14. The molecule has 0 aromatic heterocycles. The van der Waals surface area contributed by atoms with Gasteiger partial charge in [0.15, 0.2) is 0 Å². The minimum atomic E-state index is -1.17. The molecule has 1 aliphatic heterocycles. The summed E-state index contributed by atoms with van der Waals surface area (Å²) < 4.78 is 0. The summed E-state index contributed by atoms with van der Waals surface area (Å²) in [6.07, 6.45) is 0.911. The summed E-state index contributed by atoms with van der Waals surface area (Å²) in [5, 5.41) is 23.0. The Balaban J connectivity index is 2.24. The van der Waals surface area contributed by atoms with Gasteiger partial charge >= 0.3 is 5.97 Å². The first kappa shape index (κ1) is 13.3. The maximum atomic E-state index is 11.0. The van der Waals surface area contributed by atoms with Crippen LogP contribution in [0.25, 0.3) is 0 Å². The minimum Gasteiger partial charge on any atom is -0.478 e. The highest BCUT2D eigenvalue weighted by atomic mass is 16.6. The second kappa shape index (κ2) is 5.23. The summed E-state index contributed by atoms with van der Waals surface area (Å²) in [5.41, 5.74) is 0.0885. The third-order valence-electron chi connectivity index (χ3n) is 3.19. The molecule has 2 N–H and O–H groups in total. The van der Waals surface area contributed by atoms with Gasteiger partial charge in [-0.3, -0.25) is 10.1 Å². The van der Waals surface area contributed by atoms with Gasteiger partial charge in [-0.05, 0) is 32.1 Å². The van der Waals surface area contributed by atoms with Gasteiger partial charge in [0.05, 0.1) is 10.5 Å². The average Bonchev–Trinajstić information content (AvgIpc) is 2.74. The van der Waals surface area contributed by atoms with Crippen LogP contribution in [0.1, 0.15) is 16.8 Å². The van der Waals surface area contributed by atoms with Gasteiger partial charge in [0.2, 0.25) is 0 Å². The number of anilines is 1. The van der Waals surface area contributed by atoms with E-state index in [1.54, 1.807) is 0 Å². The van der Waals surface area contributed by atoms with Gasteiger partial charge in [0.25, 0.3) is 5.69 Å². The third-order valence-corrected chi connectivity index (χ3v) is 3.19. The molecule has 7 nitrogen and oxygen atoms in total. The van der Waals surface area contributed by atoms with Crippen LogP contribution in [-0.4, -0.2) is 47.1 Å². The average molecular weight is 265 g/mol. The molecule has 0 spiro atoms. The van der Waals surface area contributed by atoms with Crippen molar-refractivity contribution < 1.29 is 14.8 Å². The van der Waals surface area contributed by atoms with Gasteiger partial charge in [0, 0.05) is 18.7 Å². The van der Waals surface area contributed by atoms with Gasteiger partial charge in [-0.25, -0.2) is 4.79 Å². The Morgan fingerprint density at radius 3 is 2.84 bits per heavy atom. The predicted molar refractivity (Wildman–Crippen MR) is 69.6 cm³/mol. The van der Waals surface area contributed by atoms with Crippen LogP contribution in [-0.2, 0) is 0 Å². The molecule has 1 saturated heterocycles. The second-order valence-electron chi connectivity index (χ2n) is 4.69. The summed E-state index contributed by atoms with van der Waals surface area (Å²) in [6, 6.07) is 4.07. The maximum Gasteiger partial charge on any atom is 0.335 e. The number of hydrogen-bond donors (Lipinski definition) is 2. The van der Waals surface area contributed by atoms with E-state index in [-0.39, 0.29) is 17.3 Å². The van der Waals surface area contributed by atoms with Crippen molar-refractivity contribution in [3.05, 3.63) is 33.9 Å². The van der Waals surface area contributed by atoms with Crippen molar-refractivity contribution in [2.75, 3.05) is 25.5 Å². The smallest absolute Gasteiger partial charge is 0.335 e. The summed E-state index contributed by atoms with van der Waals surface area (Å²) in [4.78, 5) is 23.4. The Morgan fingerprint density at radius 1 is 1.58 bits per heavy atom. The zero-order chi connectivity index (χ0) is 14.0. The van der Waals surface area contributed by atoms with E-state index < -0.39 is 10.9 Å². The van der Waals surface area contributed by atoms with Gasteiger partial charge in [-0.2, -0.15) is 0 Å². The number of rotatable bonds is 4. The SMILES string of the molecule is CN1CCC(Nc2ccc(C(=O)O)cc2[N+](=O)[O-])C1. The number of likely N-dealkylation sites (N-methyl/N-ethyl adjacent to an activating group) is 1. The molecule has 1 aromatic rings. The predicted octanol–water partition coefficient (Wildman–Crippen LogP) is 1.41. The van der Waals surface area contributed by atoms with Gasteiger partial charge in [-0.1, -0.05) is 0 Å². The molecule has 1 fully saturated rings. The molecule has 7 heteroatoms. The number of hydrogen-bond acceptors (Lipinski definition) is 5. The molecule has 19 heavy (non-hydrogen) atoms. The standard InChI is InChI=1S/C12H15N3O4/c1-14-5-4-9(7-14)13-10-3-2-8(12(16)17)6-11(10)15(18)19/h2-3,6,9,13H,4-5,7H2,1H3,(H,16,17). The molecule has 0 amide bonds. The highest BCUT2D eigenvalue weighted by molar-refractivity contribution is 5.89. The molecule has 0 bridgehead atoms. The van der Waals surface area contributed by atoms with Crippen molar-refractivity contribution in [2.24, 2.45) is 0 Å². The Kier molecular flexibility index (Phi) is 3.66. The van der Waals surface area contributed by atoms with Crippen molar-refractivity contribution in [3.8, 4) is 0 Å². The van der Waals surface area contributed by atoms with Crippen molar-refractivity contribution in [1.29, 1.82) is 0 Å². The molecular weight excluding hydrogens is 250 g/mol. The number of carboxylic acids is 1. The first-order valence-corrected chi connectivity index (χ1v) is 5.94. The largest absolute Gasteiger partial charge is 0.478 e. The number of carbonyl (C=O) groups is 1. The molecule has 1 aliphatic rings. The second-order valence-corrected chi connectivity index (χ2v) is 4.69. The number of nitrogens with zero attached hydrogens (tertiary/aromatic N) is 2. The number of benzene rings is 1. The number of likely N-dealkylation sites (tertiary alicyclic amines) is 1. The lowest BCUT2D eigenvalue weighted by atomic mass is 10.1. The Labute approximate surface area is 110 Å². The fourth-order valence-electron chi connectivity index (χ4n) is 2.21. The molecular formula is C12H15N3O4. The lowest BCUT2D eigenvalue weighted by Crippen LogP contribution is -2.24. The summed E-state index contributed by atoms with van der Waals surface area (Å²) in [7, 11) is 1.99. The quantitative estimate of drug-likeness (QED) is 0.631. The molecule has 0 saturated carbocycles. The van der Waals surface area contributed by atoms with Crippen molar-refractivity contribution in [2.45, 2.75) is 12.5 Å². The third kappa shape index (κ3) is 3.00. The van der Waals surface area contributed by atoms with Crippen LogP contribution in [0.5, 0.6) is 0 Å². The summed E-state index contributed by atoms with van der Waals surface area (Å²) in [6.45, 7) is 1.76. The highest BCUT2D eigenvalue weighted by Gasteiger charge is 2.23. The number of aromatic carboxylic acids is 1. The van der Waals surface area contributed by atoms with Crippen LogP contribution in [0, 0.1) is 10.1 Å². The van der Waals surface area contributed by atoms with E-state index in [1.165, 1.54) is 12.1 Å². The normalized spacial score (nSPS) is 19.3. The number of nitrogens with one attached hydrogen (secondary N) is 1. The van der Waals surface area contributed by atoms with Crippen LogP contribution in [0.15, 0.2) is 18.2 Å². The van der Waals surface area contributed by atoms with Crippen LogP contribution in [0.3, 0.4) is 0 Å². The molecule has 1 aromatic carbocycles. The maximum absolute atomic E-state index is 11.0. The first-order valence-electron chi connectivity index (χ1n) is 5.94. The van der Waals surface area contributed by atoms with E-state index >= 15 is 0 Å². The molecule has 1 atom stereocenters. The van der Waals surface area contributed by atoms with Crippen LogP contribution >= 0.6 is 0 Å². The Morgan fingerprint density at radius 2 is 2.32 bits per heavy atom. The van der Waals surface area contributed by atoms with E-state index in [9.17, 15) is 14.9 Å². The molecule has 1 unspecified atom stereocenters. The van der Waals surface area contributed by atoms with Gasteiger partial charge < -0.3 is 15.3 Å².